The number of nitrogens with zero attached hydrogens (tertiary/aromatic N) is 1. The van der Waals surface area contributed by atoms with E-state index in [9.17, 15) is 9.59 Å². The average molecular weight is 285 g/mol. The first-order valence-corrected chi connectivity index (χ1v) is 7.31. The number of rotatable bonds is 4. The van der Waals surface area contributed by atoms with Crippen molar-refractivity contribution in [2.45, 2.75) is 25.4 Å². The Morgan fingerprint density at radius 3 is 2.76 bits per heavy atom. The zero-order valence-electron chi connectivity index (χ0n) is 11.8. The van der Waals surface area contributed by atoms with Gasteiger partial charge in [0.1, 0.15) is 6.04 Å². The third-order valence-corrected chi connectivity index (χ3v) is 3.85. The summed E-state index contributed by atoms with van der Waals surface area (Å²) < 4.78 is 0. The molecule has 2 aliphatic rings. The molecule has 1 atom stereocenters. The minimum atomic E-state index is -0.216. The van der Waals surface area contributed by atoms with Crippen molar-refractivity contribution in [2.24, 2.45) is 0 Å². The lowest BCUT2D eigenvalue weighted by atomic mass is 10.2. The van der Waals surface area contributed by atoms with Crippen LogP contribution in [0.2, 0.25) is 0 Å². The first kappa shape index (κ1) is 13.8. The van der Waals surface area contributed by atoms with Gasteiger partial charge in [-0.3, -0.25) is 14.9 Å². The van der Waals surface area contributed by atoms with Crippen LogP contribution in [0.1, 0.15) is 18.4 Å². The van der Waals surface area contributed by atoms with Crippen LogP contribution >= 0.6 is 0 Å². The van der Waals surface area contributed by atoms with Crippen LogP contribution in [-0.2, 0) is 16.1 Å². The molecule has 2 N–H and O–H groups in total. The number of hydrogen-bond donors (Lipinski definition) is 2. The molecular formula is C16H19N3O2. The van der Waals surface area contributed by atoms with Gasteiger partial charge in [0.05, 0.1) is 0 Å². The van der Waals surface area contributed by atoms with Crippen LogP contribution in [-0.4, -0.2) is 30.9 Å². The van der Waals surface area contributed by atoms with E-state index in [2.05, 4.69) is 10.6 Å². The molecule has 1 aromatic rings. The molecule has 5 nitrogen and oxygen atoms in total. The molecule has 0 aliphatic carbocycles. The van der Waals surface area contributed by atoms with Gasteiger partial charge < -0.3 is 10.2 Å². The molecule has 2 heterocycles. The van der Waals surface area contributed by atoms with Gasteiger partial charge in [-0.2, -0.15) is 0 Å². The number of amides is 2. The van der Waals surface area contributed by atoms with Gasteiger partial charge in [-0.1, -0.05) is 24.3 Å². The quantitative estimate of drug-likeness (QED) is 0.810. The van der Waals surface area contributed by atoms with Crippen LogP contribution in [0.15, 0.2) is 36.4 Å². The molecule has 3 rings (SSSR count). The van der Waals surface area contributed by atoms with Crippen LogP contribution in [0.3, 0.4) is 0 Å². The van der Waals surface area contributed by atoms with E-state index in [0.29, 0.717) is 13.0 Å². The monoisotopic (exact) mass is 285 g/mol. The second kappa shape index (κ2) is 6.10. The van der Waals surface area contributed by atoms with Crippen molar-refractivity contribution >= 4 is 17.5 Å². The first-order chi connectivity index (χ1) is 10.2. The highest BCUT2D eigenvalue weighted by atomic mass is 16.2. The molecule has 0 aromatic heterocycles. The fraction of sp³-hybridized carbons (Fsp3) is 0.375. The van der Waals surface area contributed by atoms with Crippen LogP contribution in [0.5, 0.6) is 0 Å². The summed E-state index contributed by atoms with van der Waals surface area (Å²) in [5, 5.41) is 5.98. The molecule has 110 valence electrons. The third-order valence-electron chi connectivity index (χ3n) is 3.85. The van der Waals surface area contributed by atoms with E-state index in [-0.39, 0.29) is 17.9 Å². The van der Waals surface area contributed by atoms with Crippen molar-refractivity contribution < 1.29 is 9.59 Å². The highest BCUT2D eigenvalue weighted by molar-refractivity contribution is 5.95. The van der Waals surface area contributed by atoms with Gasteiger partial charge in [0.2, 0.25) is 11.8 Å². The predicted molar refractivity (Wildman–Crippen MR) is 80.8 cm³/mol. The zero-order valence-corrected chi connectivity index (χ0v) is 11.8. The Morgan fingerprint density at radius 1 is 1.33 bits per heavy atom. The van der Waals surface area contributed by atoms with Gasteiger partial charge in [0.15, 0.2) is 0 Å². The first-order valence-electron chi connectivity index (χ1n) is 7.31. The normalized spacial score (nSPS) is 21.0. The van der Waals surface area contributed by atoms with Crippen molar-refractivity contribution in [3.05, 3.63) is 42.0 Å². The molecule has 0 bridgehead atoms. The lowest BCUT2D eigenvalue weighted by Gasteiger charge is -2.16. The van der Waals surface area contributed by atoms with E-state index in [0.717, 1.165) is 30.8 Å². The summed E-state index contributed by atoms with van der Waals surface area (Å²) >= 11 is 0. The van der Waals surface area contributed by atoms with Crippen molar-refractivity contribution in [3.8, 4) is 0 Å². The van der Waals surface area contributed by atoms with E-state index in [4.69, 9.17) is 0 Å². The molecule has 0 spiro atoms. The molecule has 0 saturated carbocycles. The Hall–Kier alpha value is -2.14. The molecule has 1 saturated heterocycles. The van der Waals surface area contributed by atoms with Crippen molar-refractivity contribution in [2.75, 3.05) is 18.0 Å². The maximum atomic E-state index is 11.9. The van der Waals surface area contributed by atoms with Crippen LogP contribution in [0.4, 0.5) is 5.69 Å². The fourth-order valence-electron chi connectivity index (χ4n) is 2.66. The summed E-state index contributed by atoms with van der Waals surface area (Å²) in [5.74, 6) is 0.178. The number of carbonyl (C=O) groups is 2. The van der Waals surface area contributed by atoms with Gasteiger partial charge in [0.25, 0.3) is 0 Å². The SMILES string of the molecule is O=C(NCc1ccc(N2CCCC2=O)cc1)C1C=CCN1. The highest BCUT2D eigenvalue weighted by Gasteiger charge is 2.21. The summed E-state index contributed by atoms with van der Waals surface area (Å²) in [6.07, 6.45) is 5.39. The molecule has 1 unspecified atom stereocenters. The van der Waals surface area contributed by atoms with Crippen LogP contribution in [0, 0.1) is 0 Å². The molecular weight excluding hydrogens is 266 g/mol. The lowest BCUT2D eigenvalue weighted by Crippen LogP contribution is -2.40. The molecule has 0 radical (unpaired) electrons. The Morgan fingerprint density at radius 2 is 2.14 bits per heavy atom. The number of anilines is 1. The second-order valence-electron chi connectivity index (χ2n) is 5.35. The molecule has 2 aliphatic heterocycles. The summed E-state index contributed by atoms with van der Waals surface area (Å²) in [4.78, 5) is 25.4. The Labute approximate surface area is 124 Å². The van der Waals surface area contributed by atoms with Gasteiger partial charge in [-0.05, 0) is 24.1 Å². The molecule has 1 aromatic carbocycles. The summed E-state index contributed by atoms with van der Waals surface area (Å²) in [6.45, 7) is 2.05. The molecule has 2 amide bonds. The fourth-order valence-corrected chi connectivity index (χ4v) is 2.66. The lowest BCUT2D eigenvalue weighted by molar-refractivity contribution is -0.122. The number of hydrogen-bond acceptors (Lipinski definition) is 3. The summed E-state index contributed by atoms with van der Waals surface area (Å²) in [7, 11) is 0. The van der Waals surface area contributed by atoms with E-state index in [1.54, 1.807) is 0 Å². The zero-order chi connectivity index (χ0) is 14.7. The predicted octanol–water partition coefficient (Wildman–Crippen LogP) is 0.958. The van der Waals surface area contributed by atoms with E-state index >= 15 is 0 Å². The smallest absolute Gasteiger partial charge is 0.241 e. The van der Waals surface area contributed by atoms with Crippen LogP contribution < -0.4 is 15.5 Å². The number of nitrogens with one attached hydrogen (secondary N) is 2. The number of carbonyl (C=O) groups excluding carboxylic acids is 2. The standard InChI is InChI=1S/C16H19N3O2/c20-15-4-2-10-19(15)13-7-5-12(6-8-13)11-18-16(21)14-3-1-9-17-14/h1,3,5-8,14,17H,2,4,9-11H2,(H,18,21). The van der Waals surface area contributed by atoms with Gasteiger partial charge in [-0.25, -0.2) is 0 Å². The topological polar surface area (TPSA) is 61.4 Å². The van der Waals surface area contributed by atoms with Gasteiger partial charge >= 0.3 is 0 Å². The molecule has 1 fully saturated rings. The third kappa shape index (κ3) is 3.13. The average Bonchev–Trinajstić information content (AvgIpc) is 3.17. The second-order valence-corrected chi connectivity index (χ2v) is 5.35. The largest absolute Gasteiger partial charge is 0.350 e. The summed E-state index contributed by atoms with van der Waals surface area (Å²) in [5.41, 5.74) is 1.97. The highest BCUT2D eigenvalue weighted by Crippen LogP contribution is 2.21. The Bertz CT molecular complexity index is 565. The molecule has 21 heavy (non-hydrogen) atoms. The van der Waals surface area contributed by atoms with E-state index in [1.165, 1.54) is 0 Å². The maximum Gasteiger partial charge on any atom is 0.241 e. The van der Waals surface area contributed by atoms with E-state index < -0.39 is 0 Å². The minimum absolute atomic E-state index is 0.0115. The van der Waals surface area contributed by atoms with Crippen molar-refractivity contribution in [3.63, 3.8) is 0 Å². The minimum Gasteiger partial charge on any atom is -0.350 e. The van der Waals surface area contributed by atoms with Crippen molar-refractivity contribution in [1.82, 2.24) is 10.6 Å². The Balaban J connectivity index is 1.56. The Kier molecular flexibility index (Phi) is 4.01. The van der Waals surface area contributed by atoms with Crippen molar-refractivity contribution in [1.29, 1.82) is 0 Å². The van der Waals surface area contributed by atoms with E-state index in [1.807, 2.05) is 41.3 Å². The molecule has 5 heteroatoms. The van der Waals surface area contributed by atoms with Gasteiger partial charge in [0, 0.05) is 31.7 Å². The summed E-state index contributed by atoms with van der Waals surface area (Å²) in [6, 6.07) is 7.58. The van der Waals surface area contributed by atoms with Gasteiger partial charge in [-0.15, -0.1) is 0 Å². The van der Waals surface area contributed by atoms with Crippen LogP contribution in [0.25, 0.3) is 0 Å². The number of benzene rings is 1. The maximum absolute atomic E-state index is 11.9.